The Morgan fingerprint density at radius 3 is 2.71 bits per heavy atom. The van der Waals surface area contributed by atoms with Crippen LogP contribution in [-0.4, -0.2) is 13.7 Å². The maximum absolute atomic E-state index is 13.1. The third-order valence-corrected chi connectivity index (χ3v) is 3.35. The zero-order chi connectivity index (χ0) is 15.2. The number of hydrogen-bond acceptors (Lipinski definition) is 3. The SMILES string of the molecule is COc1cccc(CCN)c1OCc1ccc(F)c(Cl)c1. The van der Waals surface area contributed by atoms with Crippen LogP contribution >= 0.6 is 11.6 Å². The Balaban J connectivity index is 2.20. The number of methoxy groups -OCH3 is 1. The minimum Gasteiger partial charge on any atom is -0.493 e. The second-order valence-corrected chi connectivity index (χ2v) is 4.93. The van der Waals surface area contributed by atoms with Crippen LogP contribution < -0.4 is 15.2 Å². The molecule has 0 bridgehead atoms. The molecule has 0 fully saturated rings. The Labute approximate surface area is 128 Å². The number of rotatable bonds is 6. The molecule has 0 spiro atoms. The van der Waals surface area contributed by atoms with Gasteiger partial charge < -0.3 is 15.2 Å². The van der Waals surface area contributed by atoms with Crippen LogP contribution in [0.5, 0.6) is 11.5 Å². The first-order valence-corrected chi connectivity index (χ1v) is 6.96. The fourth-order valence-corrected chi connectivity index (χ4v) is 2.23. The Hall–Kier alpha value is -1.78. The molecule has 3 nitrogen and oxygen atoms in total. The number of ether oxygens (including phenoxy) is 2. The average Bonchev–Trinajstić information content (AvgIpc) is 2.49. The molecular weight excluding hydrogens is 293 g/mol. The summed E-state index contributed by atoms with van der Waals surface area (Å²) in [6.07, 6.45) is 0.691. The minimum absolute atomic E-state index is 0.0818. The van der Waals surface area contributed by atoms with E-state index in [4.69, 9.17) is 26.8 Å². The van der Waals surface area contributed by atoms with Gasteiger partial charge in [0.2, 0.25) is 0 Å². The number of nitrogens with two attached hydrogens (primary N) is 1. The predicted molar refractivity (Wildman–Crippen MR) is 81.5 cm³/mol. The van der Waals surface area contributed by atoms with Gasteiger partial charge in [-0.2, -0.15) is 0 Å². The molecule has 2 aromatic carbocycles. The molecule has 0 saturated carbocycles. The minimum atomic E-state index is -0.443. The lowest BCUT2D eigenvalue weighted by molar-refractivity contribution is 0.281. The lowest BCUT2D eigenvalue weighted by Crippen LogP contribution is -2.06. The van der Waals surface area contributed by atoms with Crippen molar-refractivity contribution in [3.63, 3.8) is 0 Å². The molecule has 0 radical (unpaired) electrons. The van der Waals surface area contributed by atoms with Crippen molar-refractivity contribution in [3.8, 4) is 11.5 Å². The molecule has 21 heavy (non-hydrogen) atoms. The highest BCUT2D eigenvalue weighted by atomic mass is 35.5. The van der Waals surface area contributed by atoms with Crippen molar-refractivity contribution in [3.05, 3.63) is 58.4 Å². The van der Waals surface area contributed by atoms with Crippen LogP contribution in [0.4, 0.5) is 4.39 Å². The van der Waals surface area contributed by atoms with Gasteiger partial charge >= 0.3 is 0 Å². The Kier molecular flexibility index (Phi) is 5.42. The molecule has 0 amide bonds. The first-order chi connectivity index (χ1) is 10.2. The van der Waals surface area contributed by atoms with Crippen molar-refractivity contribution >= 4 is 11.6 Å². The molecule has 0 aliphatic rings. The van der Waals surface area contributed by atoms with Crippen LogP contribution in [0, 0.1) is 5.82 Å². The number of benzene rings is 2. The summed E-state index contributed by atoms with van der Waals surface area (Å²) >= 11 is 5.76. The lowest BCUT2D eigenvalue weighted by atomic mass is 10.1. The molecule has 0 aliphatic carbocycles. The van der Waals surface area contributed by atoms with Gasteiger partial charge in [0.15, 0.2) is 11.5 Å². The quantitative estimate of drug-likeness (QED) is 0.887. The molecule has 5 heteroatoms. The van der Waals surface area contributed by atoms with Gasteiger partial charge in [-0.3, -0.25) is 0 Å². The second-order valence-electron chi connectivity index (χ2n) is 4.52. The van der Waals surface area contributed by atoms with E-state index in [0.29, 0.717) is 24.5 Å². The van der Waals surface area contributed by atoms with Crippen LogP contribution in [0.15, 0.2) is 36.4 Å². The van der Waals surface area contributed by atoms with Crippen molar-refractivity contribution in [1.29, 1.82) is 0 Å². The van der Waals surface area contributed by atoms with E-state index in [9.17, 15) is 4.39 Å². The first kappa shape index (κ1) is 15.6. The number of hydrogen-bond donors (Lipinski definition) is 1. The average molecular weight is 310 g/mol. The highest BCUT2D eigenvalue weighted by molar-refractivity contribution is 6.30. The topological polar surface area (TPSA) is 44.5 Å². The maximum atomic E-state index is 13.1. The standard InChI is InChI=1S/C16H17ClFNO2/c1-20-15-4-2-3-12(7-8-19)16(15)21-10-11-5-6-14(18)13(17)9-11/h2-6,9H,7-8,10,19H2,1H3. The van der Waals surface area contributed by atoms with Gasteiger partial charge in [0.25, 0.3) is 0 Å². The molecule has 0 unspecified atom stereocenters. The summed E-state index contributed by atoms with van der Waals surface area (Å²) < 4.78 is 24.3. The monoisotopic (exact) mass is 309 g/mol. The van der Waals surface area contributed by atoms with Crippen molar-refractivity contribution in [2.75, 3.05) is 13.7 Å². The molecule has 112 valence electrons. The van der Waals surface area contributed by atoms with E-state index in [1.807, 2.05) is 18.2 Å². The van der Waals surface area contributed by atoms with Crippen LogP contribution in [0.1, 0.15) is 11.1 Å². The van der Waals surface area contributed by atoms with E-state index in [1.165, 1.54) is 6.07 Å². The van der Waals surface area contributed by atoms with Crippen LogP contribution in [0.25, 0.3) is 0 Å². The molecular formula is C16H17ClFNO2. The van der Waals surface area contributed by atoms with Crippen LogP contribution in [-0.2, 0) is 13.0 Å². The Morgan fingerprint density at radius 2 is 2.05 bits per heavy atom. The zero-order valence-corrected chi connectivity index (χ0v) is 12.5. The highest BCUT2D eigenvalue weighted by Crippen LogP contribution is 2.32. The van der Waals surface area contributed by atoms with Gasteiger partial charge in [-0.25, -0.2) is 4.39 Å². The van der Waals surface area contributed by atoms with E-state index in [2.05, 4.69) is 0 Å². The smallest absolute Gasteiger partial charge is 0.164 e. The molecule has 2 aromatic rings. The molecule has 2 N–H and O–H groups in total. The number of halogens is 2. The van der Waals surface area contributed by atoms with E-state index in [1.54, 1.807) is 19.2 Å². The molecule has 0 atom stereocenters. The summed E-state index contributed by atoms with van der Waals surface area (Å²) in [6.45, 7) is 0.795. The molecule has 2 rings (SSSR count). The largest absolute Gasteiger partial charge is 0.493 e. The van der Waals surface area contributed by atoms with Crippen molar-refractivity contribution in [2.24, 2.45) is 5.73 Å². The normalized spacial score (nSPS) is 10.5. The maximum Gasteiger partial charge on any atom is 0.164 e. The summed E-state index contributed by atoms with van der Waals surface area (Å²) in [5.41, 5.74) is 7.37. The molecule has 0 aromatic heterocycles. The second kappa shape index (κ2) is 7.29. The summed E-state index contributed by atoms with van der Waals surface area (Å²) in [4.78, 5) is 0. The Bertz CT molecular complexity index is 619. The van der Waals surface area contributed by atoms with E-state index >= 15 is 0 Å². The lowest BCUT2D eigenvalue weighted by Gasteiger charge is -2.15. The molecule has 0 saturated heterocycles. The summed E-state index contributed by atoms with van der Waals surface area (Å²) in [5, 5.41) is 0.0818. The Morgan fingerprint density at radius 1 is 1.24 bits per heavy atom. The van der Waals surface area contributed by atoms with Crippen molar-refractivity contribution < 1.29 is 13.9 Å². The third kappa shape index (κ3) is 3.86. The summed E-state index contributed by atoms with van der Waals surface area (Å²) in [5.74, 6) is 0.863. The first-order valence-electron chi connectivity index (χ1n) is 6.58. The van der Waals surface area contributed by atoms with E-state index in [-0.39, 0.29) is 11.6 Å². The van der Waals surface area contributed by atoms with Crippen LogP contribution in [0.3, 0.4) is 0 Å². The predicted octanol–water partition coefficient (Wildman–Crippen LogP) is 3.57. The molecule has 0 heterocycles. The zero-order valence-electron chi connectivity index (χ0n) is 11.7. The third-order valence-electron chi connectivity index (χ3n) is 3.06. The van der Waals surface area contributed by atoms with Gasteiger partial charge in [0.05, 0.1) is 12.1 Å². The van der Waals surface area contributed by atoms with Crippen molar-refractivity contribution in [2.45, 2.75) is 13.0 Å². The van der Waals surface area contributed by atoms with E-state index < -0.39 is 5.82 Å². The fraction of sp³-hybridized carbons (Fsp3) is 0.250. The van der Waals surface area contributed by atoms with Gasteiger partial charge in [0.1, 0.15) is 12.4 Å². The van der Waals surface area contributed by atoms with Crippen molar-refractivity contribution in [1.82, 2.24) is 0 Å². The molecule has 0 aliphatic heterocycles. The number of para-hydroxylation sites is 1. The highest BCUT2D eigenvalue weighted by Gasteiger charge is 2.11. The van der Waals surface area contributed by atoms with Gasteiger partial charge in [-0.05, 0) is 42.3 Å². The van der Waals surface area contributed by atoms with Crippen LogP contribution in [0.2, 0.25) is 5.02 Å². The summed E-state index contributed by atoms with van der Waals surface area (Å²) in [7, 11) is 1.59. The van der Waals surface area contributed by atoms with Gasteiger partial charge in [0, 0.05) is 0 Å². The van der Waals surface area contributed by atoms with Gasteiger partial charge in [-0.1, -0.05) is 29.8 Å². The fourth-order valence-electron chi connectivity index (χ4n) is 2.02. The van der Waals surface area contributed by atoms with Gasteiger partial charge in [-0.15, -0.1) is 0 Å². The summed E-state index contributed by atoms with van der Waals surface area (Å²) in [6, 6.07) is 10.2. The van der Waals surface area contributed by atoms with E-state index in [0.717, 1.165) is 11.1 Å².